The van der Waals surface area contributed by atoms with Gasteiger partial charge in [-0.15, -0.1) is 0 Å². The van der Waals surface area contributed by atoms with Crippen LogP contribution in [0.15, 0.2) is 53.4 Å². The molecule has 1 aromatic carbocycles. The highest BCUT2D eigenvalue weighted by Gasteiger charge is 2.31. The normalized spacial score (nSPS) is 12.8. The van der Waals surface area contributed by atoms with Gasteiger partial charge in [0, 0.05) is 5.56 Å². The van der Waals surface area contributed by atoms with Crippen molar-refractivity contribution in [3.63, 3.8) is 0 Å². The summed E-state index contributed by atoms with van der Waals surface area (Å²) in [7, 11) is -4.06. The fraction of sp³-hybridized carbons (Fsp3) is 0.278. The van der Waals surface area contributed by atoms with E-state index in [0.29, 0.717) is 18.4 Å². The van der Waals surface area contributed by atoms with E-state index in [1.54, 1.807) is 12.1 Å². The zero-order chi connectivity index (χ0) is 20.0. The summed E-state index contributed by atoms with van der Waals surface area (Å²) in [5.74, 6) is -1.14. The van der Waals surface area contributed by atoms with Crippen LogP contribution in [0.4, 0.5) is 13.2 Å². The number of halogens is 3. The molecule has 1 atom stereocenters. The van der Waals surface area contributed by atoms with E-state index in [9.17, 15) is 26.4 Å². The van der Waals surface area contributed by atoms with Crippen molar-refractivity contribution in [2.75, 3.05) is 0 Å². The van der Waals surface area contributed by atoms with Crippen molar-refractivity contribution >= 4 is 16.1 Å². The summed E-state index contributed by atoms with van der Waals surface area (Å²) < 4.78 is 57.3. The lowest BCUT2D eigenvalue weighted by Gasteiger charge is -2.20. The molecule has 9 heteroatoms. The molecule has 0 aromatic heterocycles. The van der Waals surface area contributed by atoms with Crippen LogP contribution in [0, 0.1) is 5.92 Å². The highest BCUT2D eigenvalue weighted by Crippen LogP contribution is 2.40. The first-order valence-corrected chi connectivity index (χ1v) is 9.41. The molecule has 0 spiro atoms. The lowest BCUT2D eigenvalue weighted by molar-refractivity contribution is -0.216. The van der Waals surface area contributed by atoms with Crippen molar-refractivity contribution in [3.8, 4) is 11.1 Å². The van der Waals surface area contributed by atoms with Gasteiger partial charge in [0.15, 0.2) is 0 Å². The summed E-state index contributed by atoms with van der Waals surface area (Å²) in [5, 5.41) is 0. The average molecular weight is 402 g/mol. The molecule has 1 unspecified atom stereocenters. The van der Waals surface area contributed by atoms with Gasteiger partial charge in [-0.2, -0.15) is 21.6 Å². The summed E-state index contributed by atoms with van der Waals surface area (Å²) in [6.45, 7) is -1.83. The first-order chi connectivity index (χ1) is 12.7. The molecule has 146 valence electrons. The van der Waals surface area contributed by atoms with Gasteiger partial charge in [-0.3, -0.25) is 4.89 Å². The van der Waals surface area contributed by atoms with E-state index in [2.05, 4.69) is 9.22 Å². The zero-order valence-corrected chi connectivity index (χ0v) is 15.1. The van der Waals surface area contributed by atoms with E-state index in [4.69, 9.17) is 0 Å². The lowest BCUT2D eigenvalue weighted by Crippen LogP contribution is -2.22. The Kier molecular flexibility index (Phi) is 6.98. The molecule has 3 rings (SSSR count). The number of fused-ring (bicyclic) bond motifs is 1. The van der Waals surface area contributed by atoms with E-state index in [-0.39, 0.29) is 4.90 Å². The van der Waals surface area contributed by atoms with Crippen LogP contribution in [-0.4, -0.2) is 21.1 Å². The van der Waals surface area contributed by atoms with E-state index in [0.717, 1.165) is 11.1 Å². The highest BCUT2D eigenvalue weighted by molar-refractivity contribution is 7.86. The lowest BCUT2D eigenvalue weighted by atomic mass is 9.94. The van der Waals surface area contributed by atoms with Crippen molar-refractivity contribution in [2.24, 2.45) is 5.92 Å². The maximum absolute atomic E-state index is 12.1. The number of hydrogen-bond donors (Lipinski definition) is 0. The molecule has 2 aliphatic rings. The van der Waals surface area contributed by atoms with Gasteiger partial charge in [-0.25, -0.2) is 4.79 Å². The van der Waals surface area contributed by atoms with Crippen LogP contribution >= 0.6 is 0 Å². The Bertz CT molecular complexity index is 882. The second-order valence-corrected chi connectivity index (χ2v) is 7.16. The quantitative estimate of drug-likeness (QED) is 0.436. The zero-order valence-electron chi connectivity index (χ0n) is 14.3. The van der Waals surface area contributed by atoms with Crippen LogP contribution < -0.4 is 0 Å². The number of carbonyl (C=O) groups excluding carboxylic acids is 1. The maximum atomic E-state index is 12.1. The fourth-order valence-electron chi connectivity index (χ4n) is 2.44. The Morgan fingerprint density at radius 2 is 1.70 bits per heavy atom. The molecular formula is C18H17F3O5S. The molecular weight excluding hydrogens is 385 g/mol. The van der Waals surface area contributed by atoms with Gasteiger partial charge in [0.2, 0.25) is 0 Å². The Balaban J connectivity index is 0.000000596. The third kappa shape index (κ3) is 5.54. The van der Waals surface area contributed by atoms with Gasteiger partial charge >= 0.3 is 22.8 Å². The number of carbonyl (C=O) groups is 1. The third-order valence-corrected chi connectivity index (χ3v) is 5.04. The second kappa shape index (κ2) is 9.01. The molecule has 0 N–H and O–H groups in total. The molecule has 0 amide bonds. The smallest absolute Gasteiger partial charge is 0.281 e. The summed E-state index contributed by atoms with van der Waals surface area (Å²) in [5.41, 5.74) is 2.47. The topological polar surface area (TPSA) is 69.7 Å². The maximum Gasteiger partial charge on any atom is 0.379 e. The SMILES string of the molecule is CCC(Cc1ccccc1)C(=O)OOS(=O)(=O)c1cc2ccc1-2.FC(F)F. The van der Waals surface area contributed by atoms with Gasteiger partial charge in [-0.05, 0) is 34.4 Å². The van der Waals surface area contributed by atoms with Crippen LogP contribution in [0.2, 0.25) is 0 Å². The van der Waals surface area contributed by atoms with E-state index < -0.39 is 28.7 Å². The standard InChI is InChI=1S/C17H16O5S.CHF3/c1-2-13(10-12-6-4-3-5-7-12)17(18)21-22-23(19,20)16-11-14-8-9-15(14)16;2-1(3)4/h3-9,11,13H,2,10H2,1H3;1H. The van der Waals surface area contributed by atoms with Gasteiger partial charge in [-0.1, -0.05) is 49.4 Å². The number of benzene rings is 2. The molecule has 2 aliphatic carbocycles. The largest absolute Gasteiger partial charge is 0.379 e. The second-order valence-electron chi connectivity index (χ2n) is 5.68. The van der Waals surface area contributed by atoms with Gasteiger partial charge < -0.3 is 0 Å². The summed E-state index contributed by atoms with van der Waals surface area (Å²) in [6.07, 6.45) is 0.998. The Labute approximate surface area is 154 Å². The van der Waals surface area contributed by atoms with Gasteiger partial charge in [0.25, 0.3) is 0 Å². The number of rotatable bonds is 7. The van der Waals surface area contributed by atoms with Crippen molar-refractivity contribution < 1.29 is 35.6 Å². The van der Waals surface area contributed by atoms with Crippen molar-refractivity contribution in [2.45, 2.75) is 31.3 Å². The predicted octanol–water partition coefficient (Wildman–Crippen LogP) is 4.28. The first-order valence-electron chi connectivity index (χ1n) is 8.00. The minimum absolute atomic E-state index is 0.0545. The first kappa shape index (κ1) is 20.9. The van der Waals surface area contributed by atoms with Crippen molar-refractivity contribution in [1.29, 1.82) is 0 Å². The molecule has 0 aliphatic heterocycles. The van der Waals surface area contributed by atoms with Gasteiger partial charge in [0.1, 0.15) is 4.90 Å². The summed E-state index contributed by atoms with van der Waals surface area (Å²) in [4.78, 5) is 16.7. The van der Waals surface area contributed by atoms with E-state index in [1.165, 1.54) is 6.07 Å². The Morgan fingerprint density at radius 3 is 2.15 bits per heavy atom. The monoisotopic (exact) mass is 402 g/mol. The third-order valence-electron chi connectivity index (χ3n) is 3.92. The highest BCUT2D eigenvalue weighted by atomic mass is 32.2. The van der Waals surface area contributed by atoms with Crippen LogP contribution in [-0.2, 0) is 30.6 Å². The van der Waals surface area contributed by atoms with E-state index >= 15 is 0 Å². The molecule has 5 nitrogen and oxygen atoms in total. The average Bonchev–Trinajstić information content (AvgIpc) is 2.60. The summed E-state index contributed by atoms with van der Waals surface area (Å²) >= 11 is 0. The number of hydrogen-bond acceptors (Lipinski definition) is 5. The summed E-state index contributed by atoms with van der Waals surface area (Å²) in [6, 6.07) is 14.4. The molecule has 27 heavy (non-hydrogen) atoms. The van der Waals surface area contributed by atoms with Crippen molar-refractivity contribution in [3.05, 3.63) is 54.1 Å². The van der Waals surface area contributed by atoms with Crippen LogP contribution in [0.25, 0.3) is 11.1 Å². The Hall–Kier alpha value is -2.39. The Morgan fingerprint density at radius 1 is 1.07 bits per heavy atom. The van der Waals surface area contributed by atoms with Gasteiger partial charge in [0.05, 0.1) is 5.92 Å². The van der Waals surface area contributed by atoms with Crippen LogP contribution in [0.1, 0.15) is 18.9 Å². The minimum Gasteiger partial charge on any atom is -0.281 e. The fourth-order valence-corrected chi connectivity index (χ4v) is 3.39. The molecule has 0 bridgehead atoms. The van der Waals surface area contributed by atoms with E-state index in [1.807, 2.05) is 37.3 Å². The molecule has 1 aromatic rings. The van der Waals surface area contributed by atoms with Crippen LogP contribution in [0.5, 0.6) is 0 Å². The molecule has 0 saturated heterocycles. The van der Waals surface area contributed by atoms with Crippen LogP contribution in [0.3, 0.4) is 0 Å². The molecule has 0 heterocycles. The number of alkyl halides is 3. The van der Waals surface area contributed by atoms with Crippen molar-refractivity contribution in [1.82, 2.24) is 0 Å². The molecule has 0 fully saturated rings. The molecule has 0 saturated carbocycles. The predicted molar refractivity (Wildman–Crippen MR) is 90.8 cm³/mol. The minimum atomic E-state index is -4.06. The molecule has 0 radical (unpaired) electrons.